The molecular weight excluding hydrogens is 239 g/mol. The highest BCUT2D eigenvalue weighted by molar-refractivity contribution is 6.31. The van der Waals surface area contributed by atoms with Gasteiger partial charge >= 0.3 is 0 Å². The lowest BCUT2D eigenvalue weighted by molar-refractivity contribution is 0.250. The van der Waals surface area contributed by atoms with E-state index in [1.165, 1.54) is 6.07 Å². The molecule has 2 nitrogen and oxygen atoms in total. The van der Waals surface area contributed by atoms with Gasteiger partial charge in [-0.3, -0.25) is 0 Å². The monoisotopic (exact) mass is 256 g/mol. The number of nitrogens with one attached hydrogen (secondary N) is 2. The molecule has 94 valence electrons. The molecule has 0 radical (unpaired) electrons. The van der Waals surface area contributed by atoms with E-state index < -0.39 is 0 Å². The molecule has 2 rings (SSSR count). The fourth-order valence-electron chi connectivity index (χ4n) is 2.48. The van der Waals surface area contributed by atoms with Crippen LogP contribution in [0.15, 0.2) is 18.2 Å². The Morgan fingerprint density at radius 2 is 2.29 bits per heavy atom. The predicted molar refractivity (Wildman–Crippen MR) is 69.0 cm³/mol. The first kappa shape index (κ1) is 12.8. The van der Waals surface area contributed by atoms with Gasteiger partial charge in [0.1, 0.15) is 5.82 Å². The summed E-state index contributed by atoms with van der Waals surface area (Å²) in [5.74, 6) is -0.343. The minimum Gasteiger partial charge on any atom is -0.313 e. The maximum Gasteiger partial charge on any atom is 0.142 e. The molecule has 0 amide bonds. The lowest BCUT2D eigenvalue weighted by atomic mass is 9.90. The van der Waals surface area contributed by atoms with Gasteiger partial charge in [0.2, 0.25) is 0 Å². The second kappa shape index (κ2) is 4.92. The van der Waals surface area contributed by atoms with E-state index in [1.54, 1.807) is 6.07 Å². The van der Waals surface area contributed by atoms with Gasteiger partial charge in [0, 0.05) is 24.7 Å². The van der Waals surface area contributed by atoms with Gasteiger partial charge in [0.15, 0.2) is 0 Å². The molecule has 1 aromatic carbocycles. The Bertz CT molecular complexity index is 410. The van der Waals surface area contributed by atoms with Crippen LogP contribution < -0.4 is 10.6 Å². The van der Waals surface area contributed by atoms with Gasteiger partial charge in [-0.05, 0) is 31.9 Å². The molecule has 1 heterocycles. The van der Waals surface area contributed by atoms with Gasteiger partial charge in [-0.2, -0.15) is 0 Å². The Labute approximate surface area is 107 Å². The summed E-state index contributed by atoms with van der Waals surface area (Å²) in [5.41, 5.74) is 0.785. The maximum absolute atomic E-state index is 13.4. The Kier molecular flexibility index (Phi) is 3.71. The normalized spacial score (nSPS) is 29.3. The number of benzene rings is 1. The molecule has 4 heteroatoms. The molecule has 1 aromatic rings. The van der Waals surface area contributed by atoms with Crippen molar-refractivity contribution in [2.45, 2.75) is 31.8 Å². The van der Waals surface area contributed by atoms with E-state index in [2.05, 4.69) is 24.5 Å². The van der Waals surface area contributed by atoms with E-state index >= 15 is 0 Å². The summed E-state index contributed by atoms with van der Waals surface area (Å²) in [5, 5.41) is 7.17. The van der Waals surface area contributed by atoms with Crippen LogP contribution in [0.3, 0.4) is 0 Å². The number of piperazine rings is 1. The number of halogens is 2. The van der Waals surface area contributed by atoms with Crippen LogP contribution in [0, 0.1) is 5.82 Å². The first-order valence-electron chi connectivity index (χ1n) is 5.91. The van der Waals surface area contributed by atoms with Crippen molar-refractivity contribution < 1.29 is 4.39 Å². The van der Waals surface area contributed by atoms with Crippen molar-refractivity contribution in [1.82, 2.24) is 10.6 Å². The summed E-state index contributed by atoms with van der Waals surface area (Å²) >= 11 is 5.99. The van der Waals surface area contributed by atoms with E-state index in [-0.39, 0.29) is 16.4 Å². The van der Waals surface area contributed by atoms with Crippen LogP contribution in [-0.2, 0) is 6.42 Å². The van der Waals surface area contributed by atoms with Crippen molar-refractivity contribution in [1.29, 1.82) is 0 Å². The van der Waals surface area contributed by atoms with E-state index in [4.69, 9.17) is 11.6 Å². The molecule has 0 aromatic heterocycles. The Hall–Kier alpha value is -0.640. The lowest BCUT2D eigenvalue weighted by Gasteiger charge is -2.39. The first-order valence-corrected chi connectivity index (χ1v) is 6.29. The third-order valence-electron chi connectivity index (χ3n) is 3.17. The van der Waals surface area contributed by atoms with Crippen LogP contribution in [0.5, 0.6) is 0 Å². The minimum atomic E-state index is -0.343. The SMILES string of the molecule is CC1CNCC(C)(Cc2cccc(F)c2Cl)N1. The molecule has 1 saturated heterocycles. The van der Waals surface area contributed by atoms with Gasteiger partial charge in [-0.25, -0.2) is 4.39 Å². The molecule has 1 aliphatic heterocycles. The molecule has 2 atom stereocenters. The first-order chi connectivity index (χ1) is 8.00. The van der Waals surface area contributed by atoms with Crippen molar-refractivity contribution in [3.05, 3.63) is 34.6 Å². The quantitative estimate of drug-likeness (QED) is 0.849. The van der Waals surface area contributed by atoms with Crippen molar-refractivity contribution in [3.63, 3.8) is 0 Å². The molecular formula is C13H18ClFN2. The largest absolute Gasteiger partial charge is 0.313 e. The summed E-state index contributed by atoms with van der Waals surface area (Å²) in [6.07, 6.45) is 0.723. The topological polar surface area (TPSA) is 24.1 Å². The van der Waals surface area contributed by atoms with Crippen LogP contribution >= 0.6 is 11.6 Å². The van der Waals surface area contributed by atoms with Crippen LogP contribution in [0.4, 0.5) is 4.39 Å². The second-order valence-electron chi connectivity index (χ2n) is 5.13. The van der Waals surface area contributed by atoms with Crippen molar-refractivity contribution in [2.75, 3.05) is 13.1 Å². The van der Waals surface area contributed by atoms with Gasteiger partial charge in [-0.15, -0.1) is 0 Å². The summed E-state index contributed by atoms with van der Waals surface area (Å²) in [6.45, 7) is 6.10. The van der Waals surface area contributed by atoms with E-state index in [1.807, 2.05) is 6.07 Å². The fourth-order valence-corrected chi connectivity index (χ4v) is 2.67. The van der Waals surface area contributed by atoms with Crippen molar-refractivity contribution >= 4 is 11.6 Å². The number of hydrogen-bond donors (Lipinski definition) is 2. The zero-order valence-corrected chi connectivity index (χ0v) is 10.9. The lowest BCUT2D eigenvalue weighted by Crippen LogP contribution is -2.62. The van der Waals surface area contributed by atoms with Crippen LogP contribution in [0.2, 0.25) is 5.02 Å². The third kappa shape index (κ3) is 2.97. The van der Waals surface area contributed by atoms with Crippen molar-refractivity contribution in [3.8, 4) is 0 Å². The average Bonchev–Trinajstić information content (AvgIpc) is 2.24. The Morgan fingerprint density at radius 1 is 1.53 bits per heavy atom. The highest BCUT2D eigenvalue weighted by Gasteiger charge is 2.30. The molecule has 0 spiro atoms. The molecule has 0 saturated carbocycles. The van der Waals surface area contributed by atoms with Gasteiger partial charge in [0.05, 0.1) is 5.02 Å². The molecule has 0 bridgehead atoms. The highest BCUT2D eigenvalue weighted by Crippen LogP contribution is 2.24. The Morgan fingerprint density at radius 3 is 3.00 bits per heavy atom. The zero-order valence-electron chi connectivity index (χ0n) is 10.2. The van der Waals surface area contributed by atoms with Gasteiger partial charge < -0.3 is 10.6 Å². The van der Waals surface area contributed by atoms with Crippen molar-refractivity contribution in [2.24, 2.45) is 0 Å². The summed E-state index contributed by atoms with van der Waals surface area (Å²) in [7, 11) is 0. The van der Waals surface area contributed by atoms with Gasteiger partial charge in [0.25, 0.3) is 0 Å². The second-order valence-corrected chi connectivity index (χ2v) is 5.50. The summed E-state index contributed by atoms with van der Waals surface area (Å²) in [6, 6.07) is 5.40. The minimum absolute atomic E-state index is 0.0743. The number of rotatable bonds is 2. The van der Waals surface area contributed by atoms with Gasteiger partial charge in [-0.1, -0.05) is 23.7 Å². The molecule has 0 aliphatic carbocycles. The van der Waals surface area contributed by atoms with E-state index in [0.717, 1.165) is 25.1 Å². The number of hydrogen-bond acceptors (Lipinski definition) is 2. The molecule has 2 unspecified atom stereocenters. The standard InChI is InChI=1S/C13H18ClFN2/c1-9-7-16-8-13(2,17-9)6-10-4-3-5-11(15)12(10)14/h3-5,9,16-17H,6-8H2,1-2H3. The predicted octanol–water partition coefficient (Wildman–Crippen LogP) is 2.36. The molecule has 1 fully saturated rings. The summed E-state index contributed by atoms with van der Waals surface area (Å²) in [4.78, 5) is 0. The molecule has 2 N–H and O–H groups in total. The van der Waals surface area contributed by atoms with Crippen LogP contribution in [0.25, 0.3) is 0 Å². The third-order valence-corrected chi connectivity index (χ3v) is 3.60. The van der Waals surface area contributed by atoms with Crippen LogP contribution in [0.1, 0.15) is 19.4 Å². The molecule has 17 heavy (non-hydrogen) atoms. The average molecular weight is 257 g/mol. The summed E-state index contributed by atoms with van der Waals surface area (Å²) < 4.78 is 13.4. The van der Waals surface area contributed by atoms with Crippen LogP contribution in [-0.4, -0.2) is 24.7 Å². The molecule has 1 aliphatic rings. The Balaban J connectivity index is 2.17. The maximum atomic E-state index is 13.4. The smallest absolute Gasteiger partial charge is 0.142 e. The zero-order chi connectivity index (χ0) is 12.5. The van der Waals surface area contributed by atoms with E-state index in [0.29, 0.717) is 6.04 Å². The highest BCUT2D eigenvalue weighted by atomic mass is 35.5. The van der Waals surface area contributed by atoms with E-state index in [9.17, 15) is 4.39 Å². The fraction of sp³-hybridized carbons (Fsp3) is 0.538.